The van der Waals surface area contributed by atoms with Crippen LogP contribution in [0.25, 0.3) is 88.6 Å². The van der Waals surface area contributed by atoms with Crippen molar-refractivity contribution in [2.75, 3.05) is 4.90 Å². The highest BCUT2D eigenvalue weighted by molar-refractivity contribution is 6.14. The molecule has 294 valence electrons. The number of rotatable bonds is 6. The lowest BCUT2D eigenvalue weighted by molar-refractivity contribution is 0.738. The first-order valence-corrected chi connectivity index (χ1v) is 21.7. The van der Waals surface area contributed by atoms with Gasteiger partial charge in [0.1, 0.15) is 5.82 Å². The molecule has 0 saturated heterocycles. The van der Waals surface area contributed by atoms with E-state index in [0.717, 1.165) is 28.3 Å². The predicted octanol–water partition coefficient (Wildman–Crippen LogP) is 15.6. The Balaban J connectivity index is 1.01. The van der Waals surface area contributed by atoms with Gasteiger partial charge in [0.15, 0.2) is 0 Å². The Morgan fingerprint density at radius 3 is 2.02 bits per heavy atom. The van der Waals surface area contributed by atoms with E-state index in [1.165, 1.54) is 82.4 Å². The number of pyridine rings is 1. The average Bonchev–Trinajstić information content (AvgIpc) is 3.85. The van der Waals surface area contributed by atoms with Crippen molar-refractivity contribution in [1.29, 1.82) is 0 Å². The number of nitrogens with zero attached hydrogens (tertiary/aromatic N) is 3. The third-order valence-corrected chi connectivity index (χ3v) is 13.2. The second-order valence-corrected chi connectivity index (χ2v) is 16.7. The third-order valence-electron chi connectivity index (χ3n) is 13.2. The van der Waals surface area contributed by atoms with Crippen LogP contribution in [0.2, 0.25) is 0 Å². The van der Waals surface area contributed by atoms with Crippen molar-refractivity contribution >= 4 is 60.9 Å². The lowest BCUT2D eigenvalue weighted by Gasteiger charge is -2.28. The normalized spacial score (nSPS) is 15.7. The Hall–Kier alpha value is -7.75. The smallest absolute Gasteiger partial charge is 0.134 e. The molecule has 0 spiro atoms. The van der Waals surface area contributed by atoms with E-state index in [0.29, 0.717) is 0 Å². The summed E-state index contributed by atoms with van der Waals surface area (Å²) in [6.45, 7) is 4.35. The van der Waals surface area contributed by atoms with Crippen molar-refractivity contribution in [1.82, 2.24) is 9.55 Å². The van der Waals surface area contributed by atoms with Crippen LogP contribution in [0.4, 0.5) is 11.5 Å². The Morgan fingerprint density at radius 1 is 0.500 bits per heavy atom. The molecule has 1 aliphatic heterocycles. The van der Waals surface area contributed by atoms with E-state index in [1.54, 1.807) is 0 Å². The summed E-state index contributed by atoms with van der Waals surface area (Å²) in [4.78, 5) is 7.90. The third kappa shape index (κ3) is 5.69. The van der Waals surface area contributed by atoms with Crippen molar-refractivity contribution in [2.45, 2.75) is 25.8 Å². The number of aryl methyl sites for hydroxylation is 1. The minimum Gasteiger partial charge on any atom is -0.318 e. The first-order chi connectivity index (χ1) is 30.6. The number of aromatic nitrogens is 2. The molecule has 0 fully saturated rings. The van der Waals surface area contributed by atoms with Gasteiger partial charge in [0.2, 0.25) is 0 Å². The Labute approximate surface area is 361 Å². The number of fused-ring (bicyclic) bond motifs is 9. The van der Waals surface area contributed by atoms with E-state index in [-0.39, 0.29) is 12.0 Å². The molecular weight excluding hydrogens is 751 g/mol. The van der Waals surface area contributed by atoms with Crippen LogP contribution in [0.15, 0.2) is 206 Å². The molecule has 0 saturated carbocycles. The van der Waals surface area contributed by atoms with Gasteiger partial charge in [-0.25, -0.2) is 4.98 Å². The maximum Gasteiger partial charge on any atom is 0.134 e. The number of benzene rings is 8. The molecule has 0 N–H and O–H groups in total. The molecule has 8 aromatic carbocycles. The monoisotopic (exact) mass is 793 g/mol. The number of hydrogen-bond donors (Lipinski definition) is 0. The maximum absolute atomic E-state index is 5.43. The first-order valence-electron chi connectivity index (χ1n) is 21.7. The van der Waals surface area contributed by atoms with Gasteiger partial charge in [-0.15, -0.1) is 0 Å². The van der Waals surface area contributed by atoms with Crippen LogP contribution in [0.3, 0.4) is 0 Å². The standard InChI is InChI=1S/C59H43N3/c1-3-16-45-38(2)46-21-10-11-22-47(46)52-37-44(29-31-48(45)52)61-55-25-14-13-24-50(55)53-33-41(28-32-57(53)61)42-27-30-51-49-23-12-15-26-56(49)62(58(51)35-42)59-36-43(39-17-6-4-7-18-39)34-54(60-59)40-19-8-5-9-20-40/h3-37,49,56H,1-2H3/b16-3-. The number of hydrogen-bond acceptors (Lipinski definition) is 2. The summed E-state index contributed by atoms with van der Waals surface area (Å²) in [5, 5.41) is 7.61. The molecule has 12 rings (SSSR count). The zero-order chi connectivity index (χ0) is 41.3. The van der Waals surface area contributed by atoms with Crippen molar-refractivity contribution in [3.8, 4) is 39.2 Å². The molecule has 2 aromatic heterocycles. The fourth-order valence-corrected chi connectivity index (χ4v) is 10.3. The SMILES string of the molecule is C/C=C\c1c(C)c2ccccc2c2cc(-n3c4ccccc4c4cc(-c5ccc6c(c5)N(c5cc(-c7ccccc7)cc(-c7ccccc7)n5)C5C=CC=CC65)ccc43)ccc12. The second kappa shape index (κ2) is 14.5. The molecular formula is C59H43N3. The van der Waals surface area contributed by atoms with Gasteiger partial charge in [-0.1, -0.05) is 164 Å². The summed E-state index contributed by atoms with van der Waals surface area (Å²) >= 11 is 0. The van der Waals surface area contributed by atoms with Gasteiger partial charge in [-0.05, 0) is 123 Å². The van der Waals surface area contributed by atoms with E-state index in [2.05, 4.69) is 236 Å². The van der Waals surface area contributed by atoms with E-state index in [1.807, 2.05) is 0 Å². The fraction of sp³-hybridized carbons (Fsp3) is 0.0678. The van der Waals surface area contributed by atoms with Gasteiger partial charge in [0.25, 0.3) is 0 Å². The zero-order valence-electron chi connectivity index (χ0n) is 34.7. The van der Waals surface area contributed by atoms with Crippen molar-refractivity contribution in [3.05, 3.63) is 223 Å². The molecule has 1 aliphatic carbocycles. The van der Waals surface area contributed by atoms with Crippen LogP contribution < -0.4 is 4.90 Å². The summed E-state index contributed by atoms with van der Waals surface area (Å²) in [6, 6.07) is 64.6. The molecule has 3 heteroatoms. The van der Waals surface area contributed by atoms with Crippen LogP contribution in [0.5, 0.6) is 0 Å². The zero-order valence-corrected chi connectivity index (χ0v) is 34.7. The highest BCUT2D eigenvalue weighted by Gasteiger charge is 2.38. The predicted molar refractivity (Wildman–Crippen MR) is 263 cm³/mol. The second-order valence-electron chi connectivity index (χ2n) is 16.7. The highest BCUT2D eigenvalue weighted by atomic mass is 15.2. The van der Waals surface area contributed by atoms with Crippen molar-refractivity contribution in [3.63, 3.8) is 0 Å². The number of allylic oxidation sites excluding steroid dienone is 3. The summed E-state index contributed by atoms with van der Waals surface area (Å²) in [7, 11) is 0. The maximum atomic E-state index is 5.43. The molecule has 3 heterocycles. The molecule has 62 heavy (non-hydrogen) atoms. The molecule has 2 unspecified atom stereocenters. The van der Waals surface area contributed by atoms with Crippen LogP contribution in [0.1, 0.15) is 29.5 Å². The van der Waals surface area contributed by atoms with Gasteiger partial charge < -0.3 is 9.47 Å². The van der Waals surface area contributed by atoms with Crippen molar-refractivity contribution < 1.29 is 0 Å². The Kier molecular flexibility index (Phi) is 8.43. The van der Waals surface area contributed by atoms with Gasteiger partial charge >= 0.3 is 0 Å². The summed E-state index contributed by atoms with van der Waals surface area (Å²) in [5.74, 6) is 1.18. The summed E-state index contributed by atoms with van der Waals surface area (Å²) in [6.07, 6.45) is 13.5. The molecule has 3 nitrogen and oxygen atoms in total. The highest BCUT2D eigenvalue weighted by Crippen LogP contribution is 2.50. The van der Waals surface area contributed by atoms with Gasteiger partial charge in [0, 0.05) is 33.6 Å². The number of para-hydroxylation sites is 1. The lowest BCUT2D eigenvalue weighted by atomic mass is 9.90. The van der Waals surface area contributed by atoms with E-state index in [4.69, 9.17) is 4.98 Å². The van der Waals surface area contributed by atoms with E-state index in [9.17, 15) is 0 Å². The molecule has 2 aliphatic rings. The summed E-state index contributed by atoms with van der Waals surface area (Å²) in [5.41, 5.74) is 15.5. The Morgan fingerprint density at radius 2 is 1.19 bits per heavy atom. The largest absolute Gasteiger partial charge is 0.318 e. The minimum atomic E-state index is 0.116. The molecule has 10 aromatic rings. The van der Waals surface area contributed by atoms with Crippen molar-refractivity contribution in [2.24, 2.45) is 0 Å². The molecule has 0 amide bonds. The lowest BCUT2D eigenvalue weighted by Crippen LogP contribution is -2.29. The van der Waals surface area contributed by atoms with Gasteiger partial charge in [0.05, 0.1) is 22.8 Å². The minimum absolute atomic E-state index is 0.116. The van der Waals surface area contributed by atoms with Crippen LogP contribution in [-0.2, 0) is 0 Å². The quantitative estimate of drug-likeness (QED) is 0.156. The van der Waals surface area contributed by atoms with Gasteiger partial charge in [-0.2, -0.15) is 0 Å². The molecule has 0 bridgehead atoms. The van der Waals surface area contributed by atoms with Crippen LogP contribution >= 0.6 is 0 Å². The van der Waals surface area contributed by atoms with E-state index < -0.39 is 0 Å². The Bertz CT molecular complexity index is 3440. The van der Waals surface area contributed by atoms with E-state index >= 15 is 0 Å². The fourth-order valence-electron chi connectivity index (χ4n) is 10.3. The number of anilines is 2. The van der Waals surface area contributed by atoms with Crippen LogP contribution in [-0.4, -0.2) is 15.6 Å². The topological polar surface area (TPSA) is 21.1 Å². The van der Waals surface area contributed by atoms with Crippen LogP contribution in [0, 0.1) is 6.92 Å². The average molecular weight is 794 g/mol. The molecule has 2 atom stereocenters. The van der Waals surface area contributed by atoms with Gasteiger partial charge in [-0.3, -0.25) is 0 Å². The molecule has 0 radical (unpaired) electrons. The summed E-state index contributed by atoms with van der Waals surface area (Å²) < 4.78 is 2.45. The first kappa shape index (κ1) is 36.1.